The van der Waals surface area contributed by atoms with E-state index in [1.165, 1.54) is 6.33 Å². The number of H-pyrrole nitrogens is 1. The Morgan fingerprint density at radius 1 is 1.33 bits per heavy atom. The second kappa shape index (κ2) is 6.56. The van der Waals surface area contributed by atoms with Gasteiger partial charge in [-0.2, -0.15) is 5.10 Å². The average Bonchev–Trinajstić information content (AvgIpc) is 2.91. The molecule has 18 heavy (non-hydrogen) atoms. The van der Waals surface area contributed by atoms with Gasteiger partial charge in [-0.3, -0.25) is 5.10 Å². The smallest absolute Gasteiger partial charge is 0.138 e. The second-order valence-electron chi connectivity index (χ2n) is 3.74. The fourth-order valence-electron chi connectivity index (χ4n) is 1.57. The monoisotopic (exact) mass is 244 g/mol. The molecule has 0 fully saturated rings. The molecule has 0 aliphatic rings. The summed E-state index contributed by atoms with van der Waals surface area (Å²) in [6.07, 6.45) is 3.23. The first kappa shape index (κ1) is 12.3. The highest BCUT2D eigenvalue weighted by Gasteiger charge is 2.02. The van der Waals surface area contributed by atoms with Gasteiger partial charge in [-0.05, 0) is 6.07 Å². The van der Waals surface area contributed by atoms with Crippen molar-refractivity contribution in [3.05, 3.63) is 54.6 Å². The molecule has 1 aromatic carbocycles. The molecule has 0 radical (unpaired) electrons. The number of ether oxygens (including phenoxy) is 1. The summed E-state index contributed by atoms with van der Waals surface area (Å²) in [5.74, 6) is 1.70. The number of hydrogen-bond acceptors (Lipinski definition) is 4. The minimum atomic E-state index is 0.513. The van der Waals surface area contributed by atoms with Crippen LogP contribution in [0.25, 0.3) is 0 Å². The summed E-state index contributed by atoms with van der Waals surface area (Å²) >= 11 is 0. The number of nitrogens with one attached hydrogen (secondary N) is 2. The summed E-state index contributed by atoms with van der Waals surface area (Å²) in [5.41, 5.74) is 1.11. The van der Waals surface area contributed by atoms with Gasteiger partial charge in [0.25, 0.3) is 0 Å². The minimum absolute atomic E-state index is 0.513. The molecule has 0 saturated heterocycles. The van der Waals surface area contributed by atoms with E-state index in [0.29, 0.717) is 19.7 Å². The number of aromatic nitrogens is 3. The zero-order chi connectivity index (χ0) is 12.6. The van der Waals surface area contributed by atoms with E-state index >= 15 is 0 Å². The Labute approximate surface area is 106 Å². The van der Waals surface area contributed by atoms with Crippen molar-refractivity contribution in [3.8, 4) is 5.75 Å². The Balaban J connectivity index is 1.89. The Hall–Kier alpha value is -2.14. The zero-order valence-electron chi connectivity index (χ0n) is 10.1. The lowest BCUT2D eigenvalue weighted by molar-refractivity contribution is 0.357. The summed E-state index contributed by atoms with van der Waals surface area (Å²) in [6, 6.07) is 7.94. The number of nitrogens with zero attached hydrogens (tertiary/aromatic N) is 2. The molecule has 0 bridgehead atoms. The Morgan fingerprint density at radius 2 is 2.22 bits per heavy atom. The molecule has 0 saturated carbocycles. The van der Waals surface area contributed by atoms with Crippen molar-refractivity contribution in [1.29, 1.82) is 0 Å². The maximum Gasteiger partial charge on any atom is 0.138 e. The molecule has 0 aliphatic heterocycles. The first-order chi connectivity index (χ1) is 8.90. The van der Waals surface area contributed by atoms with Crippen molar-refractivity contribution in [2.45, 2.75) is 13.1 Å². The lowest BCUT2D eigenvalue weighted by atomic mass is 10.2. The Bertz CT molecular complexity index is 481. The Kier molecular flexibility index (Phi) is 4.49. The first-order valence-corrected chi connectivity index (χ1v) is 5.76. The van der Waals surface area contributed by atoms with Gasteiger partial charge in [-0.25, -0.2) is 4.98 Å². The van der Waals surface area contributed by atoms with Gasteiger partial charge < -0.3 is 10.1 Å². The molecule has 2 aromatic rings. The molecule has 1 aromatic heterocycles. The molecule has 0 amide bonds. The predicted octanol–water partition coefficient (Wildman–Crippen LogP) is 1.66. The highest BCUT2D eigenvalue weighted by atomic mass is 16.5. The maximum atomic E-state index is 5.58. The van der Waals surface area contributed by atoms with E-state index < -0.39 is 0 Å². The van der Waals surface area contributed by atoms with Crippen LogP contribution in [-0.4, -0.2) is 21.8 Å². The van der Waals surface area contributed by atoms with Crippen molar-refractivity contribution >= 4 is 0 Å². The molecular formula is C13H16N4O. The molecule has 2 rings (SSSR count). The molecule has 0 aliphatic carbocycles. The van der Waals surface area contributed by atoms with Gasteiger partial charge in [0, 0.05) is 12.1 Å². The second-order valence-corrected chi connectivity index (χ2v) is 3.74. The van der Waals surface area contributed by atoms with Crippen LogP contribution in [0.5, 0.6) is 5.75 Å². The van der Waals surface area contributed by atoms with E-state index in [1.54, 1.807) is 6.08 Å². The van der Waals surface area contributed by atoms with Crippen LogP contribution in [0.1, 0.15) is 11.4 Å². The third-order valence-corrected chi connectivity index (χ3v) is 2.40. The van der Waals surface area contributed by atoms with Gasteiger partial charge >= 0.3 is 0 Å². The van der Waals surface area contributed by atoms with Crippen molar-refractivity contribution < 1.29 is 4.74 Å². The van der Waals surface area contributed by atoms with Crippen LogP contribution in [0.4, 0.5) is 0 Å². The van der Waals surface area contributed by atoms with Gasteiger partial charge in [0.1, 0.15) is 24.5 Å². The number of hydrogen-bond donors (Lipinski definition) is 2. The van der Waals surface area contributed by atoms with Crippen LogP contribution < -0.4 is 10.1 Å². The van der Waals surface area contributed by atoms with Crippen molar-refractivity contribution in [2.24, 2.45) is 0 Å². The standard InChI is InChI=1S/C13H16N4O/c1-2-7-18-12-6-4-3-5-11(12)8-14-9-13-15-10-16-17-13/h2-6,10,14H,1,7-9H2,(H,15,16,17). The summed E-state index contributed by atoms with van der Waals surface area (Å²) in [6.45, 7) is 5.52. The molecule has 0 spiro atoms. The number of aromatic amines is 1. The van der Waals surface area contributed by atoms with E-state index in [0.717, 1.165) is 17.1 Å². The minimum Gasteiger partial charge on any atom is -0.489 e. The summed E-state index contributed by atoms with van der Waals surface area (Å²) < 4.78 is 5.58. The molecule has 94 valence electrons. The summed E-state index contributed by atoms with van der Waals surface area (Å²) in [4.78, 5) is 4.05. The van der Waals surface area contributed by atoms with E-state index in [4.69, 9.17) is 4.74 Å². The van der Waals surface area contributed by atoms with Crippen LogP contribution in [-0.2, 0) is 13.1 Å². The van der Waals surface area contributed by atoms with Gasteiger partial charge in [0.05, 0.1) is 6.54 Å². The number of para-hydroxylation sites is 1. The highest BCUT2D eigenvalue weighted by molar-refractivity contribution is 5.33. The number of benzene rings is 1. The molecular weight excluding hydrogens is 228 g/mol. The van der Waals surface area contributed by atoms with Crippen LogP contribution >= 0.6 is 0 Å². The molecule has 5 nitrogen and oxygen atoms in total. The SMILES string of the molecule is C=CCOc1ccccc1CNCc1ncn[nH]1. The molecule has 2 N–H and O–H groups in total. The largest absolute Gasteiger partial charge is 0.489 e. The van der Waals surface area contributed by atoms with Crippen molar-refractivity contribution in [3.63, 3.8) is 0 Å². The topological polar surface area (TPSA) is 62.8 Å². The molecule has 5 heteroatoms. The van der Waals surface area contributed by atoms with E-state index in [1.807, 2.05) is 24.3 Å². The fraction of sp³-hybridized carbons (Fsp3) is 0.231. The quantitative estimate of drug-likeness (QED) is 0.727. The molecule has 0 atom stereocenters. The lowest BCUT2D eigenvalue weighted by Gasteiger charge is -2.10. The van der Waals surface area contributed by atoms with Gasteiger partial charge in [-0.1, -0.05) is 30.9 Å². The lowest BCUT2D eigenvalue weighted by Crippen LogP contribution is -2.14. The molecule has 1 heterocycles. The van der Waals surface area contributed by atoms with Gasteiger partial charge in [-0.15, -0.1) is 0 Å². The van der Waals surface area contributed by atoms with Gasteiger partial charge in [0.15, 0.2) is 0 Å². The third kappa shape index (κ3) is 3.43. The van der Waals surface area contributed by atoms with Crippen molar-refractivity contribution in [1.82, 2.24) is 20.5 Å². The number of rotatable bonds is 7. The van der Waals surface area contributed by atoms with Crippen LogP contribution in [0.2, 0.25) is 0 Å². The third-order valence-electron chi connectivity index (χ3n) is 2.40. The van der Waals surface area contributed by atoms with Crippen LogP contribution in [0.3, 0.4) is 0 Å². The fourth-order valence-corrected chi connectivity index (χ4v) is 1.57. The molecule has 0 unspecified atom stereocenters. The van der Waals surface area contributed by atoms with Crippen LogP contribution in [0.15, 0.2) is 43.2 Å². The highest BCUT2D eigenvalue weighted by Crippen LogP contribution is 2.17. The predicted molar refractivity (Wildman–Crippen MR) is 69.1 cm³/mol. The zero-order valence-corrected chi connectivity index (χ0v) is 10.1. The van der Waals surface area contributed by atoms with Gasteiger partial charge in [0.2, 0.25) is 0 Å². The van der Waals surface area contributed by atoms with E-state index in [2.05, 4.69) is 27.1 Å². The van der Waals surface area contributed by atoms with E-state index in [-0.39, 0.29) is 0 Å². The van der Waals surface area contributed by atoms with Crippen molar-refractivity contribution in [2.75, 3.05) is 6.61 Å². The maximum absolute atomic E-state index is 5.58. The summed E-state index contributed by atoms with van der Waals surface area (Å²) in [7, 11) is 0. The van der Waals surface area contributed by atoms with Crippen LogP contribution in [0, 0.1) is 0 Å². The summed E-state index contributed by atoms with van der Waals surface area (Å²) in [5, 5.41) is 9.88. The Morgan fingerprint density at radius 3 is 3.00 bits per heavy atom. The average molecular weight is 244 g/mol. The van der Waals surface area contributed by atoms with E-state index in [9.17, 15) is 0 Å². The normalized spacial score (nSPS) is 10.2. The first-order valence-electron chi connectivity index (χ1n) is 5.76.